The Kier molecular flexibility index (Phi) is 7.59. The van der Waals surface area contributed by atoms with Crippen LogP contribution in [0.5, 0.6) is 0 Å². The molecule has 2 aromatic heterocycles. The first-order chi connectivity index (χ1) is 24.7. The van der Waals surface area contributed by atoms with E-state index < -0.39 is 5.41 Å². The van der Waals surface area contributed by atoms with Gasteiger partial charge in [0.25, 0.3) is 0 Å². The Morgan fingerprint density at radius 1 is 0.569 bits per heavy atom. The summed E-state index contributed by atoms with van der Waals surface area (Å²) in [6.07, 6.45) is 0. The topological polar surface area (TPSA) is 79.7 Å². The Labute approximate surface area is 297 Å². The van der Waals surface area contributed by atoms with E-state index >= 15 is 0 Å². The molecule has 0 amide bonds. The van der Waals surface area contributed by atoms with Gasteiger partial charge in [0, 0.05) is 44.6 Å². The number of hydrogen-bond acceptors (Lipinski definition) is 5. The minimum Gasteiger partial charge on any atom is -0.258 e. The van der Waals surface area contributed by atoms with Crippen molar-refractivity contribution in [3.05, 3.63) is 161 Å². The van der Waals surface area contributed by atoms with Crippen LogP contribution in [0.15, 0.2) is 121 Å². The van der Waals surface area contributed by atoms with E-state index in [0.717, 1.165) is 72.6 Å². The molecule has 0 spiro atoms. The quantitative estimate of drug-likeness (QED) is 0.172. The van der Waals surface area contributed by atoms with Crippen molar-refractivity contribution in [2.24, 2.45) is 0 Å². The molecule has 6 nitrogen and oxygen atoms in total. The number of rotatable bonds is 5. The van der Waals surface area contributed by atoms with E-state index in [1.165, 1.54) is 0 Å². The van der Waals surface area contributed by atoms with Gasteiger partial charge < -0.3 is 0 Å². The van der Waals surface area contributed by atoms with Gasteiger partial charge in [0.05, 0.1) is 12.6 Å². The van der Waals surface area contributed by atoms with E-state index in [1.54, 1.807) is 6.07 Å². The van der Waals surface area contributed by atoms with E-state index in [4.69, 9.17) is 26.5 Å². The van der Waals surface area contributed by atoms with Gasteiger partial charge in [0.2, 0.25) is 0 Å². The van der Waals surface area contributed by atoms with Gasteiger partial charge in [-0.15, -0.1) is 0 Å². The van der Waals surface area contributed by atoms with Crippen LogP contribution in [0.2, 0.25) is 0 Å². The molecule has 0 fully saturated rings. The summed E-state index contributed by atoms with van der Waals surface area (Å²) in [6.45, 7) is 16.3. The zero-order valence-corrected chi connectivity index (χ0v) is 28.7. The predicted octanol–water partition coefficient (Wildman–Crippen LogP) is 10.9. The Hall–Kier alpha value is -6.76. The minimum atomic E-state index is -0.408. The second kappa shape index (κ2) is 12.3. The third kappa shape index (κ3) is 5.54. The van der Waals surface area contributed by atoms with E-state index in [-0.39, 0.29) is 0 Å². The van der Waals surface area contributed by atoms with Crippen molar-refractivity contribution in [1.82, 2.24) is 19.9 Å². The summed E-state index contributed by atoms with van der Waals surface area (Å²) >= 11 is 0. The number of hydrogen-bond donors (Lipinski definition) is 0. The van der Waals surface area contributed by atoms with Crippen molar-refractivity contribution in [3.63, 3.8) is 0 Å². The summed E-state index contributed by atoms with van der Waals surface area (Å²) in [5.41, 5.74) is 13.3. The molecule has 0 atom stereocenters. The van der Waals surface area contributed by atoms with Crippen molar-refractivity contribution in [2.45, 2.75) is 33.1 Å². The number of nitrogens with zero attached hydrogens (tertiary/aromatic N) is 6. The van der Waals surface area contributed by atoms with Gasteiger partial charge in [-0.25, -0.2) is 19.8 Å². The summed E-state index contributed by atoms with van der Waals surface area (Å²) in [5, 5.41) is 9.74. The molecular formula is C45H32N6. The van der Waals surface area contributed by atoms with Crippen molar-refractivity contribution in [2.75, 3.05) is 0 Å². The first-order valence-electron chi connectivity index (χ1n) is 16.8. The Morgan fingerprint density at radius 2 is 1.16 bits per heavy atom. The predicted molar refractivity (Wildman–Crippen MR) is 203 cm³/mol. The molecule has 0 saturated carbocycles. The number of pyridine rings is 1. The standard InChI is InChI=1S/C45H32N6/c1-27-16-18-36(28(2)48-27)34-22-33(32-17-19-37-38(25-32)45(3,4)39-20-29(26-46)21-40(47-5)41(37)39)23-35(24-34)44-50-42(30-12-8-6-9-13-30)49-43(51-44)31-14-10-7-11-15-31/h6-25H,1-4H3. The van der Waals surface area contributed by atoms with Gasteiger partial charge >= 0.3 is 0 Å². The molecular weight excluding hydrogens is 625 g/mol. The van der Waals surface area contributed by atoms with Gasteiger partial charge in [-0.2, -0.15) is 5.26 Å². The fourth-order valence-electron chi connectivity index (χ4n) is 7.17. The second-order valence-corrected chi connectivity index (χ2v) is 13.4. The zero-order valence-electron chi connectivity index (χ0n) is 28.7. The van der Waals surface area contributed by atoms with E-state index in [0.29, 0.717) is 28.7 Å². The number of benzene rings is 5. The monoisotopic (exact) mass is 656 g/mol. The fourth-order valence-corrected chi connectivity index (χ4v) is 7.17. The van der Waals surface area contributed by atoms with Crippen LogP contribution in [0, 0.1) is 31.8 Å². The molecule has 0 N–H and O–H groups in total. The number of fused-ring (bicyclic) bond motifs is 3. The van der Waals surface area contributed by atoms with Crippen molar-refractivity contribution < 1.29 is 0 Å². The molecule has 2 heterocycles. The van der Waals surface area contributed by atoms with Crippen molar-refractivity contribution >= 4 is 5.69 Å². The average molecular weight is 657 g/mol. The van der Waals surface area contributed by atoms with Crippen LogP contribution in [0.25, 0.3) is 72.4 Å². The molecule has 0 saturated heterocycles. The highest BCUT2D eigenvalue weighted by Gasteiger charge is 2.37. The number of aromatic nitrogens is 4. The molecule has 0 bridgehead atoms. The van der Waals surface area contributed by atoms with E-state index in [1.807, 2.05) is 86.6 Å². The summed E-state index contributed by atoms with van der Waals surface area (Å²) in [4.78, 5) is 23.7. The lowest BCUT2D eigenvalue weighted by molar-refractivity contribution is 0.660. The normalized spacial score (nSPS) is 12.4. The summed E-state index contributed by atoms with van der Waals surface area (Å²) in [6, 6.07) is 43.0. The first-order valence-corrected chi connectivity index (χ1v) is 16.8. The maximum atomic E-state index is 9.74. The molecule has 1 aliphatic rings. The highest BCUT2D eigenvalue weighted by molar-refractivity contribution is 5.93. The molecule has 0 aliphatic heterocycles. The largest absolute Gasteiger partial charge is 0.258 e. The van der Waals surface area contributed by atoms with Crippen LogP contribution in [0.3, 0.4) is 0 Å². The van der Waals surface area contributed by atoms with Crippen LogP contribution in [0.4, 0.5) is 5.69 Å². The molecule has 7 aromatic rings. The van der Waals surface area contributed by atoms with Gasteiger partial charge in [0.15, 0.2) is 23.2 Å². The molecule has 1 aliphatic carbocycles. The highest BCUT2D eigenvalue weighted by Crippen LogP contribution is 2.53. The maximum Gasteiger partial charge on any atom is 0.196 e. The third-order valence-electron chi connectivity index (χ3n) is 9.76. The molecule has 6 heteroatoms. The Morgan fingerprint density at radius 3 is 1.76 bits per heavy atom. The average Bonchev–Trinajstić information content (AvgIpc) is 3.40. The van der Waals surface area contributed by atoms with Crippen LogP contribution >= 0.6 is 0 Å². The highest BCUT2D eigenvalue weighted by atomic mass is 15.0. The maximum absolute atomic E-state index is 9.74. The number of nitriles is 1. The second-order valence-electron chi connectivity index (χ2n) is 13.4. The minimum absolute atomic E-state index is 0.408. The van der Waals surface area contributed by atoms with Crippen LogP contribution < -0.4 is 0 Å². The molecule has 0 unspecified atom stereocenters. The number of aryl methyl sites for hydroxylation is 2. The van der Waals surface area contributed by atoms with Crippen LogP contribution in [-0.2, 0) is 5.41 Å². The van der Waals surface area contributed by atoms with Gasteiger partial charge in [-0.3, -0.25) is 4.98 Å². The first kappa shape index (κ1) is 31.5. The fraction of sp³-hybridized carbons (Fsp3) is 0.111. The molecule has 51 heavy (non-hydrogen) atoms. The molecule has 8 rings (SSSR count). The lowest BCUT2D eigenvalue weighted by Crippen LogP contribution is -2.15. The zero-order chi connectivity index (χ0) is 35.3. The van der Waals surface area contributed by atoms with Crippen LogP contribution in [-0.4, -0.2) is 19.9 Å². The summed E-state index contributed by atoms with van der Waals surface area (Å²) in [5.74, 6) is 1.77. The lowest BCUT2D eigenvalue weighted by atomic mass is 9.81. The summed E-state index contributed by atoms with van der Waals surface area (Å²) < 4.78 is 0. The Balaban J connectivity index is 1.35. The van der Waals surface area contributed by atoms with Gasteiger partial charge in [-0.05, 0) is 95.3 Å². The van der Waals surface area contributed by atoms with Gasteiger partial charge in [0.1, 0.15) is 0 Å². The van der Waals surface area contributed by atoms with Crippen LogP contribution in [0.1, 0.15) is 41.9 Å². The summed E-state index contributed by atoms with van der Waals surface area (Å²) in [7, 11) is 0. The smallest absolute Gasteiger partial charge is 0.196 e. The van der Waals surface area contributed by atoms with Crippen molar-refractivity contribution in [1.29, 1.82) is 5.26 Å². The van der Waals surface area contributed by atoms with Crippen molar-refractivity contribution in [3.8, 4) is 73.6 Å². The van der Waals surface area contributed by atoms with Gasteiger partial charge in [-0.1, -0.05) is 92.7 Å². The molecule has 5 aromatic carbocycles. The Bertz CT molecular complexity index is 2530. The lowest BCUT2D eigenvalue weighted by Gasteiger charge is -2.22. The SMILES string of the molecule is [C-]#[N+]c1cc(C#N)cc2c1-c1ccc(-c3cc(-c4nc(-c5ccccc5)nc(-c5ccccc5)n4)cc(-c4ccc(C)nc4C)c3)cc1C2(C)C. The molecule has 0 radical (unpaired) electrons. The van der Waals surface area contributed by atoms with E-state index in [2.05, 4.69) is 67.2 Å². The third-order valence-corrected chi connectivity index (χ3v) is 9.76. The van der Waals surface area contributed by atoms with E-state index in [9.17, 15) is 5.26 Å². The molecule has 242 valence electrons.